The fraction of sp³-hybridized carbons (Fsp3) is 0.417. The highest BCUT2D eigenvalue weighted by molar-refractivity contribution is 8.00. The van der Waals surface area contributed by atoms with Crippen LogP contribution in [-0.4, -0.2) is 48.9 Å². The van der Waals surface area contributed by atoms with Crippen molar-refractivity contribution in [3.63, 3.8) is 0 Å². The third-order valence-electron chi connectivity index (χ3n) is 5.45. The fourth-order valence-electron chi connectivity index (χ4n) is 3.73. The average Bonchev–Trinajstić information content (AvgIpc) is 3.22. The van der Waals surface area contributed by atoms with Gasteiger partial charge < -0.3 is 4.90 Å². The van der Waals surface area contributed by atoms with Gasteiger partial charge in [-0.05, 0) is 56.9 Å². The van der Waals surface area contributed by atoms with Gasteiger partial charge in [0.1, 0.15) is 0 Å². The van der Waals surface area contributed by atoms with Crippen LogP contribution >= 0.6 is 11.8 Å². The molecule has 2 aromatic heterocycles. The molecule has 1 aromatic carbocycles. The maximum atomic E-state index is 12.9. The molecule has 0 spiro atoms. The van der Waals surface area contributed by atoms with Crippen molar-refractivity contribution in [2.75, 3.05) is 13.1 Å². The molecule has 0 aliphatic rings. The molecule has 0 radical (unpaired) electrons. The van der Waals surface area contributed by atoms with Gasteiger partial charge >= 0.3 is 0 Å². The molecule has 0 aliphatic heterocycles. The van der Waals surface area contributed by atoms with Crippen LogP contribution in [-0.2, 0) is 17.6 Å². The smallest absolute Gasteiger partial charge is 0.235 e. The van der Waals surface area contributed by atoms with Crippen LogP contribution in [0.2, 0.25) is 0 Å². The van der Waals surface area contributed by atoms with E-state index >= 15 is 0 Å². The Labute approximate surface area is 189 Å². The predicted molar refractivity (Wildman–Crippen MR) is 127 cm³/mol. The van der Waals surface area contributed by atoms with Gasteiger partial charge in [-0.3, -0.25) is 14.3 Å². The van der Waals surface area contributed by atoms with Gasteiger partial charge in [0.05, 0.1) is 10.9 Å². The molecule has 31 heavy (non-hydrogen) atoms. The van der Waals surface area contributed by atoms with E-state index in [1.165, 1.54) is 22.9 Å². The summed E-state index contributed by atoms with van der Waals surface area (Å²) >= 11 is 1.46. The van der Waals surface area contributed by atoms with Crippen molar-refractivity contribution < 1.29 is 4.79 Å². The van der Waals surface area contributed by atoms with Crippen molar-refractivity contribution in [3.8, 4) is 17.1 Å². The van der Waals surface area contributed by atoms with E-state index in [0.717, 1.165) is 35.1 Å². The lowest BCUT2D eigenvalue weighted by Crippen LogP contribution is -2.36. The Bertz CT molecular complexity index is 992. The quantitative estimate of drug-likeness (QED) is 0.450. The summed E-state index contributed by atoms with van der Waals surface area (Å²) in [6.07, 6.45) is 5.35. The first-order valence-corrected chi connectivity index (χ1v) is 11.9. The summed E-state index contributed by atoms with van der Waals surface area (Å²) in [6, 6.07) is 10.3. The minimum atomic E-state index is -0.261. The molecular weight excluding hydrogens is 406 g/mol. The van der Waals surface area contributed by atoms with Crippen LogP contribution in [0.4, 0.5) is 0 Å². The van der Waals surface area contributed by atoms with Crippen molar-refractivity contribution >= 4 is 17.7 Å². The second-order valence-corrected chi connectivity index (χ2v) is 8.59. The molecule has 0 N–H and O–H groups in total. The Morgan fingerprint density at radius 2 is 1.71 bits per heavy atom. The van der Waals surface area contributed by atoms with Gasteiger partial charge in [0.25, 0.3) is 0 Å². The molecule has 7 heteroatoms. The molecule has 3 aromatic rings. The molecule has 164 valence electrons. The Morgan fingerprint density at radius 1 is 1.03 bits per heavy atom. The van der Waals surface area contributed by atoms with Crippen LogP contribution in [0.1, 0.15) is 45.7 Å². The maximum absolute atomic E-state index is 12.9. The number of hydrogen-bond acceptors (Lipinski definition) is 5. The lowest BCUT2D eigenvalue weighted by atomic mass is 10.0. The molecule has 0 saturated heterocycles. The van der Waals surface area contributed by atoms with E-state index in [9.17, 15) is 4.79 Å². The zero-order valence-electron chi connectivity index (χ0n) is 19.0. The summed E-state index contributed by atoms with van der Waals surface area (Å²) in [6.45, 7) is 11.7. The van der Waals surface area contributed by atoms with Gasteiger partial charge in [0.15, 0.2) is 11.0 Å². The topological polar surface area (TPSA) is 63.9 Å². The number of rotatable bonds is 9. The minimum absolute atomic E-state index is 0.118. The standard InChI is InChI=1S/C24H31N5OS/c1-6-18-12-10-13-19(7-2)21(18)29-22(20-14-11-15-25-16-20)26-27-24(29)31-17(5)23(30)28(8-3)9-4/h10-17H,6-9H2,1-5H3. The third-order valence-corrected chi connectivity index (χ3v) is 6.48. The third kappa shape index (κ3) is 4.82. The lowest BCUT2D eigenvalue weighted by molar-refractivity contribution is -0.129. The fourth-order valence-corrected chi connectivity index (χ4v) is 4.67. The number of aromatic nitrogens is 4. The molecule has 6 nitrogen and oxygen atoms in total. The van der Waals surface area contributed by atoms with Crippen LogP contribution in [0.3, 0.4) is 0 Å². The van der Waals surface area contributed by atoms with Gasteiger partial charge in [0.2, 0.25) is 5.91 Å². The Hall–Kier alpha value is -2.67. The second kappa shape index (κ2) is 10.6. The summed E-state index contributed by atoms with van der Waals surface area (Å²) in [5, 5.41) is 9.53. The molecule has 1 amide bonds. The number of carbonyl (C=O) groups excluding carboxylic acids is 1. The number of nitrogens with zero attached hydrogens (tertiary/aromatic N) is 5. The van der Waals surface area contributed by atoms with Gasteiger partial charge in [0, 0.05) is 31.0 Å². The van der Waals surface area contributed by atoms with E-state index < -0.39 is 0 Å². The number of para-hydroxylation sites is 1. The first kappa shape index (κ1) is 23.0. The molecule has 0 fully saturated rings. The monoisotopic (exact) mass is 437 g/mol. The van der Waals surface area contributed by atoms with E-state index in [2.05, 4.69) is 51.8 Å². The van der Waals surface area contributed by atoms with E-state index in [1.807, 2.05) is 37.8 Å². The number of benzene rings is 1. The predicted octanol–water partition coefficient (Wildman–Crippen LogP) is 4.80. The van der Waals surface area contributed by atoms with Crippen LogP contribution in [0.15, 0.2) is 47.9 Å². The summed E-state index contributed by atoms with van der Waals surface area (Å²) in [7, 11) is 0. The van der Waals surface area contributed by atoms with Crippen LogP contribution in [0.5, 0.6) is 0 Å². The van der Waals surface area contributed by atoms with E-state index in [4.69, 9.17) is 0 Å². The number of hydrogen-bond donors (Lipinski definition) is 0. The molecule has 0 bridgehead atoms. The number of pyridine rings is 1. The molecule has 3 rings (SSSR count). The highest BCUT2D eigenvalue weighted by Crippen LogP contribution is 2.33. The van der Waals surface area contributed by atoms with Crippen molar-refractivity contribution in [2.24, 2.45) is 0 Å². The number of thioether (sulfide) groups is 1. The second-order valence-electron chi connectivity index (χ2n) is 7.29. The van der Waals surface area contributed by atoms with Gasteiger partial charge in [-0.2, -0.15) is 0 Å². The van der Waals surface area contributed by atoms with Gasteiger partial charge in [-0.15, -0.1) is 10.2 Å². The number of carbonyl (C=O) groups is 1. The van der Waals surface area contributed by atoms with E-state index in [0.29, 0.717) is 13.1 Å². The molecule has 1 atom stereocenters. The average molecular weight is 438 g/mol. The largest absolute Gasteiger partial charge is 0.342 e. The van der Waals surface area contributed by atoms with Crippen molar-refractivity contribution in [1.29, 1.82) is 0 Å². The normalized spacial score (nSPS) is 12.0. The van der Waals surface area contributed by atoms with Crippen LogP contribution in [0, 0.1) is 0 Å². The summed E-state index contributed by atoms with van der Waals surface area (Å²) < 4.78 is 2.12. The van der Waals surface area contributed by atoms with Crippen LogP contribution in [0.25, 0.3) is 17.1 Å². The highest BCUT2D eigenvalue weighted by atomic mass is 32.2. The lowest BCUT2D eigenvalue weighted by Gasteiger charge is -2.23. The number of amides is 1. The van der Waals surface area contributed by atoms with E-state index in [1.54, 1.807) is 12.4 Å². The highest BCUT2D eigenvalue weighted by Gasteiger charge is 2.25. The zero-order valence-corrected chi connectivity index (χ0v) is 19.8. The van der Waals surface area contributed by atoms with Crippen molar-refractivity contribution in [2.45, 2.75) is 57.9 Å². The maximum Gasteiger partial charge on any atom is 0.235 e. The first-order chi connectivity index (χ1) is 15.0. The summed E-state index contributed by atoms with van der Waals surface area (Å²) in [5.74, 6) is 0.862. The molecular formula is C24H31N5OS. The van der Waals surface area contributed by atoms with Crippen molar-refractivity contribution in [1.82, 2.24) is 24.6 Å². The summed E-state index contributed by atoms with van der Waals surface area (Å²) in [4.78, 5) is 19.1. The number of aryl methyl sites for hydroxylation is 2. The van der Waals surface area contributed by atoms with E-state index in [-0.39, 0.29) is 11.2 Å². The minimum Gasteiger partial charge on any atom is -0.342 e. The first-order valence-electron chi connectivity index (χ1n) is 11.0. The Kier molecular flexibility index (Phi) is 7.85. The molecule has 0 saturated carbocycles. The van der Waals surface area contributed by atoms with Gasteiger partial charge in [-0.25, -0.2) is 0 Å². The zero-order chi connectivity index (χ0) is 22.4. The molecule has 1 unspecified atom stereocenters. The van der Waals surface area contributed by atoms with Crippen LogP contribution < -0.4 is 0 Å². The Balaban J connectivity index is 2.15. The van der Waals surface area contributed by atoms with Gasteiger partial charge in [-0.1, -0.05) is 43.8 Å². The Morgan fingerprint density at radius 3 is 2.26 bits per heavy atom. The molecule has 2 heterocycles. The SMILES string of the molecule is CCc1cccc(CC)c1-n1c(SC(C)C(=O)N(CC)CC)nnc1-c1cccnc1. The molecule has 0 aliphatic carbocycles. The summed E-state index contributed by atoms with van der Waals surface area (Å²) in [5.41, 5.74) is 4.47. The van der Waals surface area contributed by atoms with Crippen molar-refractivity contribution in [3.05, 3.63) is 53.9 Å².